The van der Waals surface area contributed by atoms with Gasteiger partial charge in [-0.1, -0.05) is 11.6 Å². The van der Waals surface area contributed by atoms with E-state index in [1.54, 1.807) is 17.2 Å². The fourth-order valence-corrected chi connectivity index (χ4v) is 2.90. The van der Waals surface area contributed by atoms with Crippen molar-refractivity contribution in [1.82, 2.24) is 9.47 Å². The molecule has 1 aliphatic heterocycles. The van der Waals surface area contributed by atoms with E-state index in [2.05, 4.69) is 0 Å². The van der Waals surface area contributed by atoms with Crippen LogP contribution in [0.15, 0.2) is 12.3 Å². The van der Waals surface area contributed by atoms with Crippen molar-refractivity contribution in [3.63, 3.8) is 0 Å². The molecular formula is C15H21ClN2O3. The number of rotatable bonds is 3. The predicted molar refractivity (Wildman–Crippen MR) is 80.5 cm³/mol. The third-order valence-electron chi connectivity index (χ3n) is 3.91. The van der Waals surface area contributed by atoms with Crippen LogP contribution in [0.5, 0.6) is 0 Å². The summed E-state index contributed by atoms with van der Waals surface area (Å²) in [6.45, 7) is 5.16. The molecule has 1 aromatic heterocycles. The van der Waals surface area contributed by atoms with Crippen LogP contribution in [0.3, 0.4) is 0 Å². The molecule has 6 heteroatoms. The summed E-state index contributed by atoms with van der Waals surface area (Å²) in [6, 6.07) is 1.88. The number of esters is 1. The summed E-state index contributed by atoms with van der Waals surface area (Å²) in [5, 5.41) is 0.566. The van der Waals surface area contributed by atoms with Crippen molar-refractivity contribution in [2.75, 3.05) is 20.2 Å². The third kappa shape index (κ3) is 3.40. The first-order valence-electron chi connectivity index (χ1n) is 7.18. The number of hydrogen-bond acceptors (Lipinski definition) is 3. The summed E-state index contributed by atoms with van der Waals surface area (Å²) in [6.07, 6.45) is 3.07. The topological polar surface area (TPSA) is 51.5 Å². The lowest BCUT2D eigenvalue weighted by atomic mass is 9.97. The summed E-state index contributed by atoms with van der Waals surface area (Å²) in [5.74, 6) is -0.311. The van der Waals surface area contributed by atoms with Gasteiger partial charge in [0, 0.05) is 25.3 Å². The van der Waals surface area contributed by atoms with Crippen LogP contribution in [0, 0.1) is 5.92 Å². The van der Waals surface area contributed by atoms with E-state index in [0.29, 0.717) is 36.6 Å². The van der Waals surface area contributed by atoms with Gasteiger partial charge in [0.2, 0.25) is 0 Å². The number of ether oxygens (including phenoxy) is 1. The molecule has 0 saturated carbocycles. The second-order valence-electron chi connectivity index (χ2n) is 5.63. The second-order valence-corrected chi connectivity index (χ2v) is 6.07. The van der Waals surface area contributed by atoms with Crippen molar-refractivity contribution in [1.29, 1.82) is 0 Å². The Morgan fingerprint density at radius 2 is 1.95 bits per heavy atom. The summed E-state index contributed by atoms with van der Waals surface area (Å²) in [5.41, 5.74) is 0.603. The fourth-order valence-electron chi connectivity index (χ4n) is 2.69. The molecule has 1 aliphatic rings. The molecule has 0 atom stereocenters. The zero-order valence-corrected chi connectivity index (χ0v) is 13.4. The van der Waals surface area contributed by atoms with Crippen molar-refractivity contribution in [2.45, 2.75) is 32.7 Å². The standard InChI is InChI=1S/C15H21ClN2O3/c1-10(2)18-9-12(16)8-13(18)14(19)17-6-4-11(5-7-17)15(20)21-3/h8-11H,4-7H2,1-3H3. The first-order chi connectivity index (χ1) is 9.93. The lowest BCUT2D eigenvalue weighted by molar-refractivity contribution is -0.146. The number of hydrogen-bond donors (Lipinski definition) is 0. The molecule has 0 N–H and O–H groups in total. The number of carbonyl (C=O) groups is 2. The monoisotopic (exact) mass is 312 g/mol. The third-order valence-corrected chi connectivity index (χ3v) is 4.11. The quantitative estimate of drug-likeness (QED) is 0.806. The Kier molecular flexibility index (Phi) is 4.93. The van der Waals surface area contributed by atoms with Gasteiger partial charge in [0.05, 0.1) is 18.1 Å². The van der Waals surface area contributed by atoms with Crippen molar-refractivity contribution < 1.29 is 14.3 Å². The highest BCUT2D eigenvalue weighted by Crippen LogP contribution is 2.24. The van der Waals surface area contributed by atoms with Gasteiger partial charge < -0.3 is 14.2 Å². The van der Waals surface area contributed by atoms with Crippen LogP contribution in [-0.2, 0) is 9.53 Å². The number of amides is 1. The van der Waals surface area contributed by atoms with Crippen LogP contribution in [0.2, 0.25) is 5.02 Å². The Morgan fingerprint density at radius 3 is 2.48 bits per heavy atom. The van der Waals surface area contributed by atoms with Crippen LogP contribution >= 0.6 is 11.6 Å². The molecule has 21 heavy (non-hydrogen) atoms. The molecule has 1 saturated heterocycles. The predicted octanol–water partition coefficient (Wildman–Crippen LogP) is 2.75. The largest absolute Gasteiger partial charge is 0.469 e. The highest BCUT2D eigenvalue weighted by Gasteiger charge is 2.29. The van der Waals surface area contributed by atoms with Gasteiger partial charge in [-0.2, -0.15) is 0 Å². The van der Waals surface area contributed by atoms with Gasteiger partial charge in [-0.3, -0.25) is 9.59 Å². The first-order valence-corrected chi connectivity index (χ1v) is 7.56. The minimum absolute atomic E-state index is 0.0288. The maximum Gasteiger partial charge on any atom is 0.308 e. The van der Waals surface area contributed by atoms with E-state index in [0.717, 1.165) is 0 Å². The van der Waals surface area contributed by atoms with Gasteiger partial charge in [-0.05, 0) is 32.8 Å². The number of halogens is 1. The van der Waals surface area contributed by atoms with Crippen LogP contribution in [0.25, 0.3) is 0 Å². The summed E-state index contributed by atoms with van der Waals surface area (Å²) in [7, 11) is 1.40. The van der Waals surface area contributed by atoms with Crippen molar-refractivity contribution in [3.8, 4) is 0 Å². The van der Waals surface area contributed by atoms with Crippen molar-refractivity contribution >= 4 is 23.5 Å². The van der Waals surface area contributed by atoms with Crippen LogP contribution in [0.1, 0.15) is 43.2 Å². The number of aromatic nitrogens is 1. The second kappa shape index (κ2) is 6.52. The number of nitrogens with zero attached hydrogens (tertiary/aromatic N) is 2. The minimum atomic E-state index is -0.185. The van der Waals surface area contributed by atoms with E-state index in [4.69, 9.17) is 16.3 Å². The lowest BCUT2D eigenvalue weighted by Crippen LogP contribution is -2.41. The summed E-state index contributed by atoms with van der Waals surface area (Å²) >= 11 is 6.02. The Bertz CT molecular complexity index is 531. The molecule has 0 bridgehead atoms. The SMILES string of the molecule is COC(=O)C1CCN(C(=O)c2cc(Cl)cn2C(C)C)CC1. The Hall–Kier alpha value is -1.49. The smallest absolute Gasteiger partial charge is 0.308 e. The molecule has 5 nitrogen and oxygen atoms in total. The van der Waals surface area contributed by atoms with Crippen molar-refractivity contribution in [3.05, 3.63) is 23.0 Å². The van der Waals surface area contributed by atoms with Crippen LogP contribution in [0.4, 0.5) is 0 Å². The zero-order valence-electron chi connectivity index (χ0n) is 12.6. The van der Waals surface area contributed by atoms with E-state index in [-0.39, 0.29) is 23.8 Å². The number of piperidine rings is 1. The van der Waals surface area contributed by atoms with Crippen molar-refractivity contribution in [2.24, 2.45) is 5.92 Å². The Labute approximate surface area is 129 Å². The highest BCUT2D eigenvalue weighted by molar-refractivity contribution is 6.31. The van der Waals surface area contributed by atoms with E-state index >= 15 is 0 Å². The van der Waals surface area contributed by atoms with E-state index in [9.17, 15) is 9.59 Å². The number of carbonyl (C=O) groups excluding carboxylic acids is 2. The average molecular weight is 313 g/mol. The molecule has 0 aromatic carbocycles. The molecule has 1 aromatic rings. The maximum absolute atomic E-state index is 12.6. The molecule has 116 valence electrons. The fraction of sp³-hybridized carbons (Fsp3) is 0.600. The molecule has 2 rings (SSSR count). The average Bonchev–Trinajstić information content (AvgIpc) is 2.88. The van der Waals surface area contributed by atoms with Gasteiger partial charge in [-0.25, -0.2) is 0 Å². The van der Waals surface area contributed by atoms with E-state index in [1.807, 2.05) is 18.4 Å². The molecule has 0 aliphatic carbocycles. The molecule has 0 radical (unpaired) electrons. The molecule has 2 heterocycles. The molecule has 1 fully saturated rings. The molecular weight excluding hydrogens is 292 g/mol. The van der Waals surface area contributed by atoms with Gasteiger partial charge >= 0.3 is 5.97 Å². The van der Waals surface area contributed by atoms with Crippen LogP contribution in [-0.4, -0.2) is 41.5 Å². The van der Waals surface area contributed by atoms with Gasteiger partial charge in [0.25, 0.3) is 5.91 Å². The van der Waals surface area contributed by atoms with Crippen LogP contribution < -0.4 is 0 Å². The number of methoxy groups -OCH3 is 1. The summed E-state index contributed by atoms with van der Waals surface area (Å²) < 4.78 is 6.65. The van der Waals surface area contributed by atoms with E-state index in [1.165, 1.54) is 7.11 Å². The summed E-state index contributed by atoms with van der Waals surface area (Å²) in [4.78, 5) is 25.9. The Morgan fingerprint density at radius 1 is 1.33 bits per heavy atom. The zero-order chi connectivity index (χ0) is 15.6. The van der Waals surface area contributed by atoms with E-state index < -0.39 is 0 Å². The minimum Gasteiger partial charge on any atom is -0.469 e. The first kappa shape index (κ1) is 15.9. The Balaban J connectivity index is 2.07. The molecule has 0 unspecified atom stereocenters. The van der Waals surface area contributed by atoms with Gasteiger partial charge in [-0.15, -0.1) is 0 Å². The maximum atomic E-state index is 12.6. The molecule has 0 spiro atoms. The molecule has 1 amide bonds. The highest BCUT2D eigenvalue weighted by atomic mass is 35.5. The number of likely N-dealkylation sites (tertiary alicyclic amines) is 1. The van der Waals surface area contributed by atoms with Gasteiger partial charge in [0.1, 0.15) is 5.69 Å². The normalized spacial score (nSPS) is 16.3. The lowest BCUT2D eigenvalue weighted by Gasteiger charge is -2.31. The van der Waals surface area contributed by atoms with Gasteiger partial charge in [0.15, 0.2) is 0 Å².